The maximum atomic E-state index is 13.1. The van der Waals surface area contributed by atoms with Gasteiger partial charge in [0.15, 0.2) is 0 Å². The van der Waals surface area contributed by atoms with E-state index in [-0.39, 0.29) is 11.8 Å². The van der Waals surface area contributed by atoms with E-state index in [1.807, 2.05) is 20.8 Å². The van der Waals surface area contributed by atoms with Crippen LogP contribution in [0, 0.1) is 6.92 Å². The van der Waals surface area contributed by atoms with Gasteiger partial charge in [-0.3, -0.25) is 9.36 Å². The minimum atomic E-state index is -2.80. The van der Waals surface area contributed by atoms with E-state index in [2.05, 4.69) is 13.8 Å². The van der Waals surface area contributed by atoms with E-state index >= 15 is 0 Å². The summed E-state index contributed by atoms with van der Waals surface area (Å²) in [6.07, 6.45) is 1.32. The van der Waals surface area contributed by atoms with Crippen molar-refractivity contribution >= 4 is 21.4 Å². The smallest absolute Gasteiger partial charge is 0.268 e. The normalized spacial score (nSPS) is 12.3. The van der Waals surface area contributed by atoms with Crippen molar-refractivity contribution < 1.29 is 8.78 Å². The lowest BCUT2D eigenvalue weighted by atomic mass is 10.0. The second-order valence-corrected chi connectivity index (χ2v) is 6.73. The molecule has 0 amide bonds. The summed E-state index contributed by atoms with van der Waals surface area (Å²) in [5.41, 5.74) is 1.09. The molecule has 0 aromatic carbocycles. The molecule has 0 aliphatic carbocycles. The summed E-state index contributed by atoms with van der Waals surface area (Å²) in [6.45, 7) is 7.08. The van der Waals surface area contributed by atoms with Crippen molar-refractivity contribution in [2.45, 2.75) is 53.0 Å². The number of alkyl halides is 2. The van der Waals surface area contributed by atoms with E-state index in [0.29, 0.717) is 9.95 Å². The van der Waals surface area contributed by atoms with Gasteiger partial charge in [0.2, 0.25) is 0 Å². The minimum Gasteiger partial charge on any atom is -0.268 e. The maximum absolute atomic E-state index is 13.1. The summed E-state index contributed by atoms with van der Waals surface area (Å²) in [7, 11) is 0. The highest BCUT2D eigenvalue weighted by Gasteiger charge is 2.22. The Bertz CT molecular complexity index is 698. The van der Waals surface area contributed by atoms with Gasteiger partial charge in [0.25, 0.3) is 5.56 Å². The Morgan fingerprint density at radius 1 is 1.15 bits per heavy atom. The fourth-order valence-electron chi connectivity index (χ4n) is 2.50. The Balaban J connectivity index is 2.96. The third-order valence-corrected chi connectivity index (χ3v) is 5.17. The predicted octanol–water partition coefficient (Wildman–Crippen LogP) is 5.01. The molecule has 0 unspecified atom stereocenters. The van der Waals surface area contributed by atoms with Gasteiger partial charge in [-0.25, -0.2) is 0 Å². The first-order chi connectivity index (χ1) is 9.25. The molecule has 2 heterocycles. The molecule has 2 nitrogen and oxygen atoms in total. The Kier molecular flexibility index (Phi) is 4.00. The number of nitrogens with zero attached hydrogens (tertiary/aromatic N) is 1. The number of halogens is 2. The van der Waals surface area contributed by atoms with Gasteiger partial charge in [-0.05, 0) is 29.9 Å². The highest BCUT2D eigenvalue weighted by atomic mass is 32.1. The van der Waals surface area contributed by atoms with Crippen LogP contribution < -0.4 is 5.56 Å². The van der Waals surface area contributed by atoms with Crippen molar-refractivity contribution in [3.63, 3.8) is 0 Å². The largest absolute Gasteiger partial charge is 0.321 e. The highest BCUT2D eigenvalue weighted by molar-refractivity contribution is 7.19. The number of fused-ring (bicyclic) bond motifs is 1. The van der Waals surface area contributed by atoms with Crippen molar-refractivity contribution in [3.8, 4) is 0 Å². The van der Waals surface area contributed by atoms with Crippen molar-refractivity contribution in [3.05, 3.63) is 32.6 Å². The number of aryl methyl sites for hydroxylation is 1. The molecule has 5 heteroatoms. The van der Waals surface area contributed by atoms with Crippen molar-refractivity contribution in [2.75, 3.05) is 0 Å². The number of aromatic nitrogens is 1. The van der Waals surface area contributed by atoms with Crippen LogP contribution >= 0.6 is 11.3 Å². The number of hydrogen-bond acceptors (Lipinski definition) is 2. The van der Waals surface area contributed by atoms with E-state index in [4.69, 9.17) is 0 Å². The first kappa shape index (κ1) is 15.2. The zero-order valence-electron chi connectivity index (χ0n) is 12.3. The average molecular weight is 299 g/mol. The molecule has 2 aromatic heterocycles. The van der Waals surface area contributed by atoms with Gasteiger partial charge in [0, 0.05) is 15.8 Å². The van der Waals surface area contributed by atoms with E-state index in [1.165, 1.54) is 6.20 Å². The molecule has 2 aromatic rings. The minimum absolute atomic E-state index is 0.0983. The van der Waals surface area contributed by atoms with Crippen molar-refractivity contribution in [1.29, 1.82) is 0 Å². The first-order valence-corrected chi connectivity index (χ1v) is 7.53. The summed E-state index contributed by atoms with van der Waals surface area (Å²) in [5.74, 6) is 0.382. The fraction of sp³-hybridized carbons (Fsp3) is 0.533. The Labute approximate surface area is 121 Å². The van der Waals surface area contributed by atoms with Gasteiger partial charge in [-0.15, -0.1) is 11.3 Å². The monoisotopic (exact) mass is 299 g/mol. The third kappa shape index (κ3) is 2.28. The quantitative estimate of drug-likeness (QED) is 0.780. The van der Waals surface area contributed by atoms with Gasteiger partial charge in [-0.1, -0.05) is 27.7 Å². The average Bonchev–Trinajstić information content (AvgIpc) is 2.67. The molecule has 110 valence electrons. The molecule has 0 saturated heterocycles. The van der Waals surface area contributed by atoms with Crippen LogP contribution in [0.4, 0.5) is 8.78 Å². The van der Waals surface area contributed by atoms with Gasteiger partial charge >= 0.3 is 6.55 Å². The van der Waals surface area contributed by atoms with Crippen LogP contribution in [0.5, 0.6) is 0 Å². The van der Waals surface area contributed by atoms with E-state index in [0.717, 1.165) is 20.7 Å². The highest BCUT2D eigenvalue weighted by Crippen LogP contribution is 2.38. The molecule has 0 radical (unpaired) electrons. The standard InChI is InChI=1S/C15H19F2NOS/c1-7(2)10-6-18(15(16)17)14(19)11-9(5)12(8(3)4)20-13(10)11/h6-8,15H,1-5H3. The molecule has 0 aliphatic rings. The molecule has 0 atom stereocenters. The van der Waals surface area contributed by atoms with Crippen LogP contribution in [0.2, 0.25) is 0 Å². The van der Waals surface area contributed by atoms with Crippen LogP contribution in [0.15, 0.2) is 11.0 Å². The van der Waals surface area contributed by atoms with Crippen LogP contribution in [0.1, 0.15) is 62.1 Å². The zero-order valence-corrected chi connectivity index (χ0v) is 13.1. The molecule has 20 heavy (non-hydrogen) atoms. The maximum Gasteiger partial charge on any atom is 0.321 e. The lowest BCUT2D eigenvalue weighted by Crippen LogP contribution is -2.21. The number of rotatable bonds is 3. The summed E-state index contributed by atoms with van der Waals surface area (Å²) in [4.78, 5) is 13.4. The summed E-state index contributed by atoms with van der Waals surface area (Å²) < 4.78 is 27.5. The topological polar surface area (TPSA) is 22.0 Å². The second kappa shape index (κ2) is 5.28. The predicted molar refractivity (Wildman–Crippen MR) is 80.3 cm³/mol. The lowest BCUT2D eigenvalue weighted by Gasteiger charge is -2.11. The molecular weight excluding hydrogens is 280 g/mol. The van der Waals surface area contributed by atoms with Gasteiger partial charge in [-0.2, -0.15) is 8.78 Å². The number of pyridine rings is 1. The molecule has 0 fully saturated rings. The number of thiophene rings is 1. The third-order valence-electron chi connectivity index (χ3n) is 3.53. The molecule has 2 rings (SSSR count). The molecular formula is C15H19F2NOS. The first-order valence-electron chi connectivity index (χ1n) is 6.71. The van der Waals surface area contributed by atoms with E-state index < -0.39 is 12.1 Å². The van der Waals surface area contributed by atoms with Crippen molar-refractivity contribution in [2.24, 2.45) is 0 Å². The van der Waals surface area contributed by atoms with Crippen LogP contribution in [-0.2, 0) is 0 Å². The van der Waals surface area contributed by atoms with E-state index in [9.17, 15) is 13.6 Å². The number of hydrogen-bond donors (Lipinski definition) is 0. The van der Waals surface area contributed by atoms with Crippen LogP contribution in [0.25, 0.3) is 10.1 Å². The SMILES string of the molecule is Cc1c(C(C)C)sc2c(C(C)C)cn(C(F)F)c(=O)c12. The van der Waals surface area contributed by atoms with Crippen LogP contribution in [-0.4, -0.2) is 4.57 Å². The molecule has 0 bridgehead atoms. The molecule has 0 N–H and O–H groups in total. The lowest BCUT2D eigenvalue weighted by molar-refractivity contribution is 0.0666. The zero-order chi connectivity index (χ0) is 15.2. The molecule has 0 aliphatic heterocycles. The Morgan fingerprint density at radius 3 is 2.20 bits per heavy atom. The summed E-state index contributed by atoms with van der Waals surface area (Å²) in [5, 5.41) is 0.463. The van der Waals surface area contributed by atoms with E-state index in [1.54, 1.807) is 11.3 Å². The van der Waals surface area contributed by atoms with Gasteiger partial charge in [0.1, 0.15) is 0 Å². The second-order valence-electron chi connectivity index (χ2n) is 5.68. The molecule has 0 saturated carbocycles. The van der Waals surface area contributed by atoms with Crippen molar-refractivity contribution in [1.82, 2.24) is 4.57 Å². The van der Waals surface area contributed by atoms with Gasteiger partial charge in [0.05, 0.1) is 5.39 Å². The molecule has 0 spiro atoms. The fourth-order valence-corrected chi connectivity index (χ4v) is 3.95. The summed E-state index contributed by atoms with van der Waals surface area (Å²) in [6, 6.07) is 0. The Hall–Kier alpha value is -1.23. The van der Waals surface area contributed by atoms with Gasteiger partial charge < -0.3 is 0 Å². The van der Waals surface area contributed by atoms with Crippen LogP contribution in [0.3, 0.4) is 0 Å². The summed E-state index contributed by atoms with van der Waals surface area (Å²) >= 11 is 1.56. The Morgan fingerprint density at radius 2 is 1.75 bits per heavy atom.